The number of aliphatic hydroxyl groups is 1. The molecule has 1 radical (unpaired) electrons. The van der Waals surface area contributed by atoms with E-state index in [4.69, 9.17) is 4.98 Å². The zero-order valence-corrected chi connectivity index (χ0v) is 33.4. The summed E-state index contributed by atoms with van der Waals surface area (Å²) in [5, 5.41) is 14.0. The van der Waals surface area contributed by atoms with Crippen molar-refractivity contribution in [3.05, 3.63) is 101 Å². The number of aromatic nitrogens is 1. The van der Waals surface area contributed by atoms with Gasteiger partial charge in [-0.15, -0.1) is 40.7 Å². The van der Waals surface area contributed by atoms with Crippen molar-refractivity contribution in [1.29, 1.82) is 0 Å². The molecule has 5 heteroatoms. The standard InChI is InChI=1S/C28H22NS.C15H28O2.Ir/c1-16-12-17(2)21-15-29-23(14-18(21)13-16)19-9-7-10-22-25(19)27-26(28(22,3)4)20-8-5-6-11-24(20)30-27;1-7-14(5,8-2)12(16)11-13(17)15(6,9-3)10-4;/h5-8,10-15H,1-4H3;11,16H,7-10H2,1-6H3;/q-1;;/b;12-11-;. The van der Waals surface area contributed by atoms with Crippen LogP contribution in [0.5, 0.6) is 0 Å². The number of pyridine rings is 1. The summed E-state index contributed by atoms with van der Waals surface area (Å²) in [5.74, 6) is 0.286. The van der Waals surface area contributed by atoms with Gasteiger partial charge in [0.05, 0.1) is 0 Å². The topological polar surface area (TPSA) is 50.2 Å². The number of nitrogens with zero attached hydrogens (tertiary/aromatic N) is 1. The summed E-state index contributed by atoms with van der Waals surface area (Å²) in [5.41, 5.74) is 8.20. The van der Waals surface area contributed by atoms with Gasteiger partial charge in [0.15, 0.2) is 5.78 Å². The first-order valence-electron chi connectivity index (χ1n) is 17.1. The summed E-state index contributed by atoms with van der Waals surface area (Å²) in [4.78, 5) is 18.5. The second kappa shape index (κ2) is 14.4. The second-order valence-electron chi connectivity index (χ2n) is 14.4. The molecule has 3 nitrogen and oxygen atoms in total. The van der Waals surface area contributed by atoms with E-state index in [1.807, 2.05) is 59.1 Å². The molecule has 3 aromatic carbocycles. The quantitative estimate of drug-likeness (QED) is 0.0962. The molecule has 0 amide bonds. The monoisotopic (exact) mass is 837 g/mol. The summed E-state index contributed by atoms with van der Waals surface area (Å²) >= 11 is 1.90. The number of hydrogen-bond acceptors (Lipinski definition) is 4. The van der Waals surface area contributed by atoms with Crippen molar-refractivity contribution in [1.82, 2.24) is 4.98 Å². The minimum atomic E-state index is -0.337. The normalized spacial score (nSPS) is 13.8. The van der Waals surface area contributed by atoms with Crippen molar-refractivity contribution in [3.8, 4) is 21.7 Å². The SMILES string of the molecule is CCC(C)(CC)C(=O)/C=C(\O)C(C)(CC)CC.Cc1cc(C)c2cnc(-c3[c-]ccc4c3-c3sc5ccccc5c3C4(C)C)cc2c1.[Ir]. The Morgan fingerprint density at radius 1 is 0.938 bits per heavy atom. The van der Waals surface area contributed by atoms with Crippen molar-refractivity contribution in [2.45, 2.75) is 100 Å². The first-order valence-corrected chi connectivity index (χ1v) is 18.0. The molecule has 0 atom stereocenters. The largest absolute Gasteiger partial charge is 0.512 e. The molecule has 1 aliphatic carbocycles. The Kier molecular flexibility index (Phi) is 11.3. The number of carbonyl (C=O) groups is 1. The zero-order valence-electron chi connectivity index (χ0n) is 30.2. The van der Waals surface area contributed by atoms with Crippen LogP contribution in [0, 0.1) is 30.7 Å². The fourth-order valence-electron chi connectivity index (χ4n) is 6.88. The maximum Gasteiger partial charge on any atom is 0.164 e. The molecular weight excluding hydrogens is 787 g/mol. The second-order valence-corrected chi connectivity index (χ2v) is 15.4. The van der Waals surface area contributed by atoms with Crippen LogP contribution >= 0.6 is 11.3 Å². The van der Waals surface area contributed by atoms with Gasteiger partial charge in [0.2, 0.25) is 0 Å². The third-order valence-electron chi connectivity index (χ3n) is 11.2. The number of fused-ring (bicyclic) bond motifs is 6. The third kappa shape index (κ3) is 6.59. The summed E-state index contributed by atoms with van der Waals surface area (Å²) in [6, 6.07) is 23.4. The molecule has 2 aromatic heterocycles. The first-order chi connectivity index (χ1) is 22.2. The molecule has 0 saturated carbocycles. The van der Waals surface area contributed by atoms with Gasteiger partial charge in [-0.1, -0.05) is 103 Å². The van der Waals surface area contributed by atoms with Crippen LogP contribution in [0.3, 0.4) is 0 Å². The maximum absolute atomic E-state index is 12.2. The molecule has 0 unspecified atom stereocenters. The number of benzene rings is 3. The van der Waals surface area contributed by atoms with Crippen LogP contribution in [0.15, 0.2) is 72.6 Å². The molecular formula is C43H50IrNO2S-. The van der Waals surface area contributed by atoms with Gasteiger partial charge in [0, 0.05) is 53.3 Å². The maximum atomic E-state index is 12.2. The molecule has 0 saturated heterocycles. The van der Waals surface area contributed by atoms with Crippen LogP contribution in [0.25, 0.3) is 42.6 Å². The minimum Gasteiger partial charge on any atom is -0.512 e. The van der Waals surface area contributed by atoms with Crippen LogP contribution in [-0.4, -0.2) is 15.9 Å². The van der Waals surface area contributed by atoms with E-state index >= 15 is 0 Å². The predicted octanol–water partition coefficient (Wildman–Crippen LogP) is 12.5. The van der Waals surface area contributed by atoms with Crippen LogP contribution in [0.4, 0.5) is 0 Å². The van der Waals surface area contributed by atoms with Gasteiger partial charge in [-0.05, 0) is 83.5 Å². The molecule has 6 rings (SSSR count). The Balaban J connectivity index is 0.000000251. The Bertz CT molecular complexity index is 1990. The molecule has 0 bridgehead atoms. The van der Waals surface area contributed by atoms with Crippen molar-refractivity contribution in [2.24, 2.45) is 10.8 Å². The number of aryl methyl sites for hydroxylation is 2. The average Bonchev–Trinajstić information content (AvgIpc) is 3.57. The molecule has 255 valence electrons. The van der Waals surface area contributed by atoms with Crippen molar-refractivity contribution < 1.29 is 30.0 Å². The van der Waals surface area contributed by atoms with E-state index in [0.717, 1.165) is 36.9 Å². The number of ketones is 1. The predicted molar refractivity (Wildman–Crippen MR) is 202 cm³/mol. The van der Waals surface area contributed by atoms with Gasteiger partial charge in [-0.2, -0.15) is 0 Å². The van der Waals surface area contributed by atoms with E-state index in [9.17, 15) is 9.90 Å². The number of allylic oxidation sites excluding steroid dienone is 2. The van der Waals surface area contributed by atoms with Gasteiger partial charge < -0.3 is 10.1 Å². The van der Waals surface area contributed by atoms with Crippen molar-refractivity contribution in [3.63, 3.8) is 0 Å². The average molecular weight is 837 g/mol. The van der Waals surface area contributed by atoms with E-state index in [-0.39, 0.29) is 47.9 Å². The van der Waals surface area contributed by atoms with E-state index < -0.39 is 0 Å². The third-order valence-corrected chi connectivity index (χ3v) is 12.4. The number of carbonyl (C=O) groups excluding carboxylic acids is 1. The number of thiophene rings is 1. The van der Waals surface area contributed by atoms with Crippen LogP contribution in [0.2, 0.25) is 0 Å². The zero-order chi connectivity index (χ0) is 34.3. The Morgan fingerprint density at radius 3 is 2.23 bits per heavy atom. The molecule has 2 heterocycles. The van der Waals surface area contributed by atoms with Crippen LogP contribution in [0.1, 0.15) is 103 Å². The molecule has 0 aliphatic heterocycles. The number of aliphatic hydroxyl groups excluding tert-OH is 1. The molecule has 1 N–H and O–H groups in total. The summed E-state index contributed by atoms with van der Waals surface area (Å²) in [6.07, 6.45) is 6.78. The van der Waals surface area contributed by atoms with Crippen LogP contribution in [-0.2, 0) is 30.3 Å². The summed E-state index contributed by atoms with van der Waals surface area (Å²) < 4.78 is 1.36. The fraction of sp³-hybridized carbons (Fsp3) is 0.395. The molecule has 5 aromatic rings. The Labute approximate surface area is 305 Å². The van der Waals surface area contributed by atoms with Gasteiger partial charge >= 0.3 is 0 Å². The molecule has 0 fully saturated rings. The Morgan fingerprint density at radius 2 is 1.58 bits per heavy atom. The number of hydrogen-bond donors (Lipinski definition) is 1. The molecule has 1 aliphatic rings. The number of rotatable bonds is 8. The van der Waals surface area contributed by atoms with Crippen molar-refractivity contribution >= 4 is 38.0 Å². The minimum absolute atomic E-state index is 0. The van der Waals surface area contributed by atoms with E-state index in [1.54, 1.807) is 0 Å². The van der Waals surface area contributed by atoms with Gasteiger partial charge in [0.1, 0.15) is 5.76 Å². The van der Waals surface area contributed by atoms with Gasteiger partial charge in [-0.25, -0.2) is 0 Å². The fourth-order valence-corrected chi connectivity index (χ4v) is 8.31. The van der Waals surface area contributed by atoms with Crippen LogP contribution < -0.4 is 0 Å². The summed E-state index contributed by atoms with van der Waals surface area (Å²) in [6.45, 7) is 21.1. The Hall–Kier alpha value is -3.11. The first kappa shape index (κ1) is 37.7. The summed E-state index contributed by atoms with van der Waals surface area (Å²) in [7, 11) is 0. The molecule has 48 heavy (non-hydrogen) atoms. The van der Waals surface area contributed by atoms with E-state index in [0.29, 0.717) is 0 Å². The smallest absolute Gasteiger partial charge is 0.164 e. The van der Waals surface area contributed by atoms with Gasteiger partial charge in [0.25, 0.3) is 0 Å². The van der Waals surface area contributed by atoms with E-state index in [1.165, 1.54) is 59.6 Å². The molecule has 0 spiro atoms. The van der Waals surface area contributed by atoms with E-state index in [2.05, 4.69) is 88.4 Å². The van der Waals surface area contributed by atoms with Gasteiger partial charge in [-0.3, -0.25) is 4.79 Å². The van der Waals surface area contributed by atoms with Crippen molar-refractivity contribution in [2.75, 3.05) is 0 Å².